The number of fused-ring (bicyclic) bond motifs is 1. The van der Waals surface area contributed by atoms with Crippen LogP contribution in [0.25, 0.3) is 10.9 Å². The molecule has 13 heavy (non-hydrogen) atoms. The van der Waals surface area contributed by atoms with Crippen molar-refractivity contribution in [1.82, 2.24) is 9.97 Å². The average Bonchev–Trinajstić information content (AvgIpc) is 2.12. The van der Waals surface area contributed by atoms with Crippen molar-refractivity contribution in [2.24, 2.45) is 0 Å². The highest BCUT2D eigenvalue weighted by Gasteiger charge is 2.06. The van der Waals surface area contributed by atoms with Crippen LogP contribution in [0.4, 0.5) is 0 Å². The lowest BCUT2D eigenvalue weighted by molar-refractivity contribution is 1.22. The first-order chi connectivity index (χ1) is 6.20. The molecule has 2 nitrogen and oxygen atoms in total. The molecule has 0 bridgehead atoms. The van der Waals surface area contributed by atoms with Gasteiger partial charge in [-0.05, 0) is 28.1 Å². The molecule has 0 aliphatic rings. The van der Waals surface area contributed by atoms with Crippen molar-refractivity contribution in [2.45, 2.75) is 0 Å². The number of benzene rings is 1. The average molecular weight is 278 g/mol. The highest BCUT2D eigenvalue weighted by molar-refractivity contribution is 9.10. The summed E-state index contributed by atoms with van der Waals surface area (Å²) in [5.74, 6) is 0. The Morgan fingerprint density at radius 1 is 1.15 bits per heavy atom. The number of halogens is 3. The van der Waals surface area contributed by atoms with Crippen molar-refractivity contribution in [3.05, 3.63) is 33.1 Å². The van der Waals surface area contributed by atoms with Gasteiger partial charge in [-0.25, -0.2) is 9.97 Å². The molecule has 0 aliphatic heterocycles. The molecule has 1 aromatic heterocycles. The zero-order valence-corrected chi connectivity index (χ0v) is 9.36. The van der Waals surface area contributed by atoms with Crippen molar-refractivity contribution in [2.75, 3.05) is 0 Å². The summed E-state index contributed by atoms with van der Waals surface area (Å²) in [5, 5.41) is 1.84. The summed E-state index contributed by atoms with van der Waals surface area (Å²) in [6.45, 7) is 0. The number of nitrogens with zero attached hydrogens (tertiary/aromatic N) is 2. The maximum atomic E-state index is 5.89. The number of aromatic nitrogens is 2. The van der Waals surface area contributed by atoms with Crippen LogP contribution in [0, 0.1) is 0 Å². The molecule has 2 aromatic rings. The van der Waals surface area contributed by atoms with E-state index in [1.807, 2.05) is 0 Å². The third kappa shape index (κ3) is 1.52. The summed E-state index contributed by atoms with van der Waals surface area (Å²) in [6.07, 6.45) is 1.41. The second kappa shape index (κ2) is 3.40. The number of hydrogen-bond donors (Lipinski definition) is 0. The second-order valence-corrected chi connectivity index (χ2v) is 3.98. The number of rotatable bonds is 0. The molecule has 0 spiro atoms. The second-order valence-electron chi connectivity index (χ2n) is 2.42. The Labute approximate surface area is 93.0 Å². The quantitative estimate of drug-likeness (QED) is 0.686. The van der Waals surface area contributed by atoms with Crippen molar-refractivity contribution in [3.8, 4) is 0 Å². The van der Waals surface area contributed by atoms with E-state index in [0.717, 1.165) is 15.4 Å². The molecule has 0 saturated heterocycles. The molecule has 1 heterocycles. The molecule has 0 fully saturated rings. The summed E-state index contributed by atoms with van der Waals surface area (Å²) < 4.78 is 0.746. The topological polar surface area (TPSA) is 25.8 Å². The van der Waals surface area contributed by atoms with Crippen LogP contribution < -0.4 is 0 Å². The van der Waals surface area contributed by atoms with Gasteiger partial charge in [0.1, 0.15) is 11.5 Å². The van der Waals surface area contributed by atoms with Crippen LogP contribution in [0.15, 0.2) is 22.9 Å². The first kappa shape index (κ1) is 9.19. The molecule has 0 aliphatic carbocycles. The molecular formula is C8H3BrCl2N2. The summed E-state index contributed by atoms with van der Waals surface area (Å²) in [4.78, 5) is 7.94. The van der Waals surface area contributed by atoms with E-state index in [9.17, 15) is 0 Å². The van der Waals surface area contributed by atoms with Gasteiger partial charge in [-0.3, -0.25) is 0 Å². The molecule has 0 N–H and O–H groups in total. The normalized spacial score (nSPS) is 10.7. The molecule has 1 aromatic carbocycles. The summed E-state index contributed by atoms with van der Waals surface area (Å²) in [7, 11) is 0. The van der Waals surface area contributed by atoms with Gasteiger partial charge < -0.3 is 0 Å². The van der Waals surface area contributed by atoms with Crippen LogP contribution in [-0.4, -0.2) is 9.97 Å². The van der Waals surface area contributed by atoms with Crippen molar-refractivity contribution in [1.29, 1.82) is 0 Å². The lowest BCUT2D eigenvalue weighted by Gasteiger charge is -2.01. The van der Waals surface area contributed by atoms with Gasteiger partial charge in [0.05, 0.1) is 15.0 Å². The standard InChI is InChI=1S/C8H3BrCl2N2/c9-6-5(10)2-1-4-7(6)12-3-13-8(4)11/h1-3H. The van der Waals surface area contributed by atoms with Gasteiger partial charge in [-0.2, -0.15) is 0 Å². The molecule has 0 atom stereocenters. The Hall–Kier alpha value is -0.380. The lowest BCUT2D eigenvalue weighted by atomic mass is 10.2. The highest BCUT2D eigenvalue weighted by Crippen LogP contribution is 2.31. The first-order valence-corrected chi connectivity index (χ1v) is 4.99. The van der Waals surface area contributed by atoms with Crippen LogP contribution in [0.2, 0.25) is 10.2 Å². The van der Waals surface area contributed by atoms with Crippen molar-refractivity contribution < 1.29 is 0 Å². The molecular weight excluding hydrogens is 275 g/mol. The minimum atomic E-state index is 0.433. The van der Waals surface area contributed by atoms with Gasteiger partial charge in [0, 0.05) is 5.39 Å². The fourth-order valence-electron chi connectivity index (χ4n) is 1.04. The summed E-state index contributed by atoms with van der Waals surface area (Å²) in [5.41, 5.74) is 0.729. The molecule has 0 amide bonds. The zero-order valence-electron chi connectivity index (χ0n) is 6.26. The minimum absolute atomic E-state index is 0.433. The van der Waals surface area contributed by atoms with E-state index in [-0.39, 0.29) is 0 Å². The van der Waals surface area contributed by atoms with Crippen LogP contribution in [0.3, 0.4) is 0 Å². The molecule has 66 valence electrons. The molecule has 0 saturated carbocycles. The SMILES string of the molecule is Clc1ccc2c(Cl)ncnc2c1Br. The van der Waals surface area contributed by atoms with E-state index in [0.29, 0.717) is 10.2 Å². The Morgan fingerprint density at radius 3 is 2.69 bits per heavy atom. The Morgan fingerprint density at radius 2 is 1.92 bits per heavy atom. The monoisotopic (exact) mass is 276 g/mol. The van der Waals surface area contributed by atoms with E-state index in [1.165, 1.54) is 6.33 Å². The molecule has 0 unspecified atom stereocenters. The van der Waals surface area contributed by atoms with Gasteiger partial charge in [0.15, 0.2) is 0 Å². The van der Waals surface area contributed by atoms with Gasteiger partial charge in [-0.15, -0.1) is 0 Å². The first-order valence-electron chi connectivity index (χ1n) is 3.44. The zero-order chi connectivity index (χ0) is 9.42. The fourth-order valence-corrected chi connectivity index (χ4v) is 1.84. The van der Waals surface area contributed by atoms with Gasteiger partial charge in [0.25, 0.3) is 0 Å². The van der Waals surface area contributed by atoms with Crippen LogP contribution in [-0.2, 0) is 0 Å². The minimum Gasteiger partial charge on any atom is -0.235 e. The summed E-state index contributed by atoms with van der Waals surface area (Å²) >= 11 is 15.1. The lowest BCUT2D eigenvalue weighted by Crippen LogP contribution is -1.85. The Bertz CT molecular complexity index is 473. The summed E-state index contributed by atoms with van der Waals surface area (Å²) in [6, 6.07) is 3.55. The largest absolute Gasteiger partial charge is 0.235 e. The van der Waals surface area contributed by atoms with Crippen LogP contribution in [0.1, 0.15) is 0 Å². The fraction of sp³-hybridized carbons (Fsp3) is 0. The molecule has 2 rings (SSSR count). The third-order valence-corrected chi connectivity index (χ3v) is 3.30. The van der Waals surface area contributed by atoms with Gasteiger partial charge in [0.2, 0.25) is 0 Å². The molecule has 5 heteroatoms. The van der Waals surface area contributed by atoms with E-state index in [4.69, 9.17) is 23.2 Å². The Kier molecular flexibility index (Phi) is 2.41. The van der Waals surface area contributed by atoms with E-state index in [1.54, 1.807) is 12.1 Å². The van der Waals surface area contributed by atoms with Gasteiger partial charge >= 0.3 is 0 Å². The number of hydrogen-bond acceptors (Lipinski definition) is 2. The third-order valence-electron chi connectivity index (χ3n) is 1.65. The van der Waals surface area contributed by atoms with Crippen LogP contribution in [0.5, 0.6) is 0 Å². The molecule has 0 radical (unpaired) electrons. The smallest absolute Gasteiger partial charge is 0.140 e. The van der Waals surface area contributed by atoms with Crippen molar-refractivity contribution in [3.63, 3.8) is 0 Å². The van der Waals surface area contributed by atoms with Gasteiger partial charge in [-0.1, -0.05) is 23.2 Å². The van der Waals surface area contributed by atoms with E-state index >= 15 is 0 Å². The van der Waals surface area contributed by atoms with E-state index < -0.39 is 0 Å². The van der Waals surface area contributed by atoms with Crippen LogP contribution >= 0.6 is 39.1 Å². The van der Waals surface area contributed by atoms with Crippen molar-refractivity contribution >= 4 is 50.0 Å². The predicted molar refractivity (Wildman–Crippen MR) is 57.3 cm³/mol. The van der Waals surface area contributed by atoms with E-state index in [2.05, 4.69) is 25.9 Å². The maximum absolute atomic E-state index is 5.89. The predicted octanol–water partition coefficient (Wildman–Crippen LogP) is 3.70. The Balaban J connectivity index is 2.94. The highest BCUT2D eigenvalue weighted by atomic mass is 79.9. The maximum Gasteiger partial charge on any atom is 0.140 e.